The molecule has 1 aliphatic carbocycles. The molecule has 0 spiro atoms. The Bertz CT molecular complexity index is 457. The Balaban J connectivity index is 1.98. The molecule has 3 nitrogen and oxygen atoms in total. The van der Waals surface area contributed by atoms with Gasteiger partial charge in [0.25, 0.3) is 0 Å². The van der Waals surface area contributed by atoms with Crippen molar-refractivity contribution >= 4 is 17.4 Å². The van der Waals surface area contributed by atoms with Gasteiger partial charge in [-0.3, -0.25) is 0 Å². The van der Waals surface area contributed by atoms with Gasteiger partial charge >= 0.3 is 0 Å². The van der Waals surface area contributed by atoms with Crippen LogP contribution in [0.4, 0.5) is 5.82 Å². The molecule has 1 unspecified atom stereocenters. The number of hydrogen-bond donors (Lipinski definition) is 0. The van der Waals surface area contributed by atoms with Gasteiger partial charge in [-0.25, -0.2) is 9.97 Å². The molecule has 2 heterocycles. The zero-order valence-electron chi connectivity index (χ0n) is 11.1. The lowest BCUT2D eigenvalue weighted by molar-refractivity contribution is 0.479. The minimum absolute atomic E-state index is 0.557. The van der Waals surface area contributed by atoms with E-state index < -0.39 is 0 Å². The average Bonchev–Trinajstić information content (AvgIpc) is 3.18. The summed E-state index contributed by atoms with van der Waals surface area (Å²) in [6, 6.07) is 0.565. The predicted octanol–water partition coefficient (Wildman–Crippen LogP) is 3.69. The molecule has 18 heavy (non-hydrogen) atoms. The van der Waals surface area contributed by atoms with Crippen molar-refractivity contribution < 1.29 is 0 Å². The second-order valence-corrected chi connectivity index (χ2v) is 5.99. The van der Waals surface area contributed by atoms with Crippen LogP contribution < -0.4 is 4.90 Å². The number of hydrogen-bond acceptors (Lipinski definition) is 3. The number of aromatic nitrogens is 2. The Morgan fingerprint density at radius 2 is 1.94 bits per heavy atom. The third-order valence-corrected chi connectivity index (χ3v) is 4.46. The van der Waals surface area contributed by atoms with E-state index in [1.54, 1.807) is 0 Å². The van der Waals surface area contributed by atoms with Crippen LogP contribution in [0.15, 0.2) is 0 Å². The van der Waals surface area contributed by atoms with Crippen LogP contribution in [0.5, 0.6) is 0 Å². The molecule has 4 heteroatoms. The second-order valence-electron chi connectivity index (χ2n) is 5.63. The Hall–Kier alpha value is -0.830. The molecule has 98 valence electrons. The van der Waals surface area contributed by atoms with Gasteiger partial charge in [0.05, 0.1) is 0 Å². The molecule has 0 radical (unpaired) electrons. The van der Waals surface area contributed by atoms with E-state index in [4.69, 9.17) is 16.6 Å². The molecule has 1 aromatic heterocycles. The summed E-state index contributed by atoms with van der Waals surface area (Å²) in [7, 11) is 0. The number of piperidine rings is 1. The van der Waals surface area contributed by atoms with Gasteiger partial charge in [0.2, 0.25) is 0 Å². The highest BCUT2D eigenvalue weighted by molar-refractivity contribution is 6.30. The molecule has 1 aliphatic heterocycles. The third-order valence-electron chi connectivity index (χ3n) is 4.10. The molecule has 0 amide bonds. The summed E-state index contributed by atoms with van der Waals surface area (Å²) in [5.74, 6) is 2.59. The first-order valence-electron chi connectivity index (χ1n) is 6.97. The highest BCUT2D eigenvalue weighted by atomic mass is 35.5. The van der Waals surface area contributed by atoms with Gasteiger partial charge in [-0.2, -0.15) is 0 Å². The standard InChI is InChI=1S/C14H20ClN3/c1-9-5-3-4-8-18(9)14-10(2)12(15)16-13(17-14)11-6-7-11/h9,11H,3-8H2,1-2H3. The second kappa shape index (κ2) is 4.69. The molecule has 0 N–H and O–H groups in total. The molecule has 1 aromatic rings. The lowest BCUT2D eigenvalue weighted by Crippen LogP contribution is -2.38. The zero-order chi connectivity index (χ0) is 12.7. The lowest BCUT2D eigenvalue weighted by atomic mass is 10.0. The fourth-order valence-electron chi connectivity index (χ4n) is 2.71. The smallest absolute Gasteiger partial charge is 0.137 e. The molecule has 3 rings (SSSR count). The van der Waals surface area contributed by atoms with Crippen molar-refractivity contribution in [2.45, 2.75) is 57.9 Å². The number of anilines is 1. The van der Waals surface area contributed by atoms with Crippen LogP contribution in [-0.2, 0) is 0 Å². The first-order chi connectivity index (χ1) is 8.66. The molecular weight excluding hydrogens is 246 g/mol. The Morgan fingerprint density at radius 3 is 2.61 bits per heavy atom. The van der Waals surface area contributed by atoms with Crippen LogP contribution in [0.25, 0.3) is 0 Å². The summed E-state index contributed by atoms with van der Waals surface area (Å²) >= 11 is 6.28. The molecule has 1 atom stereocenters. The van der Waals surface area contributed by atoms with Crippen molar-refractivity contribution in [3.8, 4) is 0 Å². The Morgan fingerprint density at radius 1 is 1.17 bits per heavy atom. The van der Waals surface area contributed by atoms with Crippen molar-refractivity contribution in [1.82, 2.24) is 9.97 Å². The highest BCUT2D eigenvalue weighted by Crippen LogP contribution is 2.40. The van der Waals surface area contributed by atoms with Crippen LogP contribution >= 0.6 is 11.6 Å². The molecule has 2 fully saturated rings. The minimum Gasteiger partial charge on any atom is -0.354 e. The van der Waals surface area contributed by atoms with E-state index in [1.165, 1.54) is 32.1 Å². The molecule has 2 aliphatic rings. The first-order valence-corrected chi connectivity index (χ1v) is 7.35. The van der Waals surface area contributed by atoms with Gasteiger partial charge < -0.3 is 4.90 Å². The van der Waals surface area contributed by atoms with Gasteiger partial charge in [0.1, 0.15) is 16.8 Å². The van der Waals surface area contributed by atoms with E-state index >= 15 is 0 Å². The fourth-order valence-corrected chi connectivity index (χ4v) is 2.88. The number of rotatable bonds is 2. The molecular formula is C14H20ClN3. The molecule has 0 aromatic carbocycles. The van der Waals surface area contributed by atoms with Crippen LogP contribution in [0.1, 0.15) is 56.3 Å². The van der Waals surface area contributed by atoms with E-state index in [0.29, 0.717) is 17.1 Å². The van der Waals surface area contributed by atoms with E-state index in [0.717, 1.165) is 23.8 Å². The van der Waals surface area contributed by atoms with Crippen LogP contribution in [-0.4, -0.2) is 22.6 Å². The number of nitrogens with zero attached hydrogens (tertiary/aromatic N) is 3. The van der Waals surface area contributed by atoms with Gasteiger partial charge in [-0.1, -0.05) is 11.6 Å². The summed E-state index contributed by atoms with van der Waals surface area (Å²) in [6.45, 7) is 5.42. The SMILES string of the molecule is Cc1c(Cl)nc(C2CC2)nc1N1CCCCC1C. The Labute approximate surface area is 114 Å². The number of halogens is 1. The highest BCUT2D eigenvalue weighted by Gasteiger charge is 2.30. The normalized spacial score (nSPS) is 24.4. The molecule has 0 bridgehead atoms. The van der Waals surface area contributed by atoms with Gasteiger partial charge in [-0.05, 0) is 46.0 Å². The van der Waals surface area contributed by atoms with E-state index in [1.807, 2.05) is 6.92 Å². The lowest BCUT2D eigenvalue weighted by Gasteiger charge is -2.35. The zero-order valence-corrected chi connectivity index (χ0v) is 11.9. The summed E-state index contributed by atoms with van der Waals surface area (Å²) in [4.78, 5) is 11.7. The van der Waals surface area contributed by atoms with Crippen molar-refractivity contribution in [1.29, 1.82) is 0 Å². The van der Waals surface area contributed by atoms with Crippen LogP contribution in [0.3, 0.4) is 0 Å². The predicted molar refractivity (Wildman–Crippen MR) is 74.4 cm³/mol. The minimum atomic E-state index is 0.557. The molecule has 1 saturated carbocycles. The largest absolute Gasteiger partial charge is 0.354 e. The van der Waals surface area contributed by atoms with E-state index in [9.17, 15) is 0 Å². The summed E-state index contributed by atoms with van der Waals surface area (Å²) in [5.41, 5.74) is 1.04. The van der Waals surface area contributed by atoms with Gasteiger partial charge in [0, 0.05) is 24.1 Å². The van der Waals surface area contributed by atoms with Crippen molar-refractivity contribution in [3.05, 3.63) is 16.5 Å². The fraction of sp³-hybridized carbons (Fsp3) is 0.714. The van der Waals surface area contributed by atoms with Gasteiger partial charge in [0.15, 0.2) is 0 Å². The topological polar surface area (TPSA) is 29.0 Å². The maximum absolute atomic E-state index is 6.28. The average molecular weight is 266 g/mol. The third kappa shape index (κ3) is 2.20. The van der Waals surface area contributed by atoms with Crippen molar-refractivity contribution in [3.63, 3.8) is 0 Å². The van der Waals surface area contributed by atoms with E-state index in [-0.39, 0.29) is 0 Å². The molecule has 1 saturated heterocycles. The maximum atomic E-state index is 6.28. The Kier molecular flexibility index (Phi) is 3.18. The maximum Gasteiger partial charge on any atom is 0.137 e. The summed E-state index contributed by atoms with van der Waals surface area (Å²) in [6.07, 6.45) is 6.26. The summed E-state index contributed by atoms with van der Waals surface area (Å²) in [5, 5.41) is 0.639. The van der Waals surface area contributed by atoms with Crippen molar-refractivity contribution in [2.24, 2.45) is 0 Å². The monoisotopic (exact) mass is 265 g/mol. The van der Waals surface area contributed by atoms with Crippen molar-refractivity contribution in [2.75, 3.05) is 11.4 Å². The van der Waals surface area contributed by atoms with E-state index in [2.05, 4.69) is 16.8 Å². The first kappa shape index (κ1) is 12.2. The van der Waals surface area contributed by atoms with Gasteiger partial charge in [-0.15, -0.1) is 0 Å². The van der Waals surface area contributed by atoms with Crippen LogP contribution in [0.2, 0.25) is 5.15 Å². The van der Waals surface area contributed by atoms with Crippen LogP contribution in [0, 0.1) is 6.92 Å². The quantitative estimate of drug-likeness (QED) is 0.764. The summed E-state index contributed by atoms with van der Waals surface area (Å²) < 4.78 is 0.